The summed E-state index contributed by atoms with van der Waals surface area (Å²) in [6.07, 6.45) is 0.977. The molecule has 0 aliphatic carbocycles. The Morgan fingerprint density at radius 2 is 1.86 bits per heavy atom. The van der Waals surface area contributed by atoms with Crippen molar-refractivity contribution in [2.45, 2.75) is 13.0 Å². The van der Waals surface area contributed by atoms with Crippen LogP contribution in [-0.4, -0.2) is 54.8 Å². The second-order valence-electron chi connectivity index (χ2n) is 5.30. The van der Waals surface area contributed by atoms with Gasteiger partial charge in [0.15, 0.2) is 11.5 Å². The Hall–Kier alpha value is -1.40. The molecule has 0 N–H and O–H groups in total. The van der Waals surface area contributed by atoms with Crippen molar-refractivity contribution in [1.29, 1.82) is 0 Å². The molecule has 0 unspecified atom stereocenters. The van der Waals surface area contributed by atoms with Gasteiger partial charge in [-0.1, -0.05) is 11.8 Å². The number of thioether (sulfide) groups is 1. The van der Waals surface area contributed by atoms with Crippen LogP contribution in [0.3, 0.4) is 0 Å². The van der Waals surface area contributed by atoms with Gasteiger partial charge in [-0.05, 0) is 29.7 Å². The summed E-state index contributed by atoms with van der Waals surface area (Å²) in [6, 6.07) is 4.13. The van der Waals surface area contributed by atoms with E-state index in [9.17, 15) is 4.79 Å². The fourth-order valence-electron chi connectivity index (χ4n) is 2.86. The SMILES string of the molecule is COc1cc2c(cc1OC)CN(CN1CCSC1=O)CC2. The Labute approximate surface area is 129 Å². The fourth-order valence-corrected chi connectivity index (χ4v) is 3.68. The standard InChI is InChI=1S/C15H20N2O3S/c1-19-13-7-11-3-4-16(9-12(11)8-14(13)20-2)10-17-5-6-21-15(17)18/h7-8H,3-6,9-10H2,1-2H3. The van der Waals surface area contributed by atoms with E-state index in [1.807, 2.05) is 4.90 Å². The minimum atomic E-state index is 0.202. The minimum Gasteiger partial charge on any atom is -0.493 e. The van der Waals surface area contributed by atoms with E-state index in [0.29, 0.717) is 0 Å². The zero-order valence-corrected chi connectivity index (χ0v) is 13.2. The number of amides is 1. The highest BCUT2D eigenvalue weighted by Gasteiger charge is 2.25. The first-order chi connectivity index (χ1) is 10.2. The Kier molecular flexibility index (Phi) is 4.26. The molecule has 5 nitrogen and oxygen atoms in total. The number of benzene rings is 1. The maximum atomic E-state index is 11.7. The molecule has 6 heteroatoms. The molecule has 2 aliphatic heterocycles. The van der Waals surface area contributed by atoms with Gasteiger partial charge in [-0.15, -0.1) is 0 Å². The predicted octanol–water partition coefficient (Wildman–Crippen LogP) is 2.19. The van der Waals surface area contributed by atoms with Crippen molar-refractivity contribution in [3.63, 3.8) is 0 Å². The first kappa shape index (κ1) is 14.5. The quantitative estimate of drug-likeness (QED) is 0.853. The Bertz CT molecular complexity index is 550. The number of rotatable bonds is 4. The summed E-state index contributed by atoms with van der Waals surface area (Å²) in [5.74, 6) is 2.47. The number of nitrogens with zero attached hydrogens (tertiary/aromatic N) is 2. The van der Waals surface area contributed by atoms with E-state index in [2.05, 4.69) is 17.0 Å². The van der Waals surface area contributed by atoms with E-state index in [4.69, 9.17) is 9.47 Å². The number of carbonyl (C=O) groups excluding carboxylic acids is 1. The van der Waals surface area contributed by atoms with Crippen LogP contribution in [0.1, 0.15) is 11.1 Å². The first-order valence-electron chi connectivity index (χ1n) is 7.09. The summed E-state index contributed by atoms with van der Waals surface area (Å²) in [5.41, 5.74) is 2.57. The number of hydrogen-bond acceptors (Lipinski definition) is 5. The summed E-state index contributed by atoms with van der Waals surface area (Å²) in [7, 11) is 3.32. The topological polar surface area (TPSA) is 42.0 Å². The maximum Gasteiger partial charge on any atom is 0.282 e. The van der Waals surface area contributed by atoms with Gasteiger partial charge in [0.2, 0.25) is 0 Å². The second kappa shape index (κ2) is 6.15. The van der Waals surface area contributed by atoms with Crippen molar-refractivity contribution in [3.8, 4) is 11.5 Å². The molecule has 2 heterocycles. The first-order valence-corrected chi connectivity index (χ1v) is 8.07. The summed E-state index contributed by atoms with van der Waals surface area (Å²) in [4.78, 5) is 15.9. The van der Waals surface area contributed by atoms with Crippen molar-refractivity contribution >= 4 is 17.0 Å². The largest absolute Gasteiger partial charge is 0.493 e. The molecule has 0 saturated carbocycles. The number of carbonyl (C=O) groups is 1. The van der Waals surface area contributed by atoms with E-state index < -0.39 is 0 Å². The van der Waals surface area contributed by atoms with Crippen LogP contribution >= 0.6 is 11.8 Å². The van der Waals surface area contributed by atoms with Crippen molar-refractivity contribution in [2.75, 3.05) is 39.7 Å². The van der Waals surface area contributed by atoms with Crippen molar-refractivity contribution in [1.82, 2.24) is 9.80 Å². The molecule has 2 aliphatic rings. The number of hydrogen-bond donors (Lipinski definition) is 0. The highest BCUT2D eigenvalue weighted by atomic mass is 32.2. The molecule has 1 aromatic carbocycles. The summed E-state index contributed by atoms with van der Waals surface area (Å²) in [6.45, 7) is 3.40. The molecule has 0 atom stereocenters. The Morgan fingerprint density at radius 1 is 1.14 bits per heavy atom. The van der Waals surface area contributed by atoms with E-state index in [0.717, 1.165) is 50.0 Å². The van der Waals surface area contributed by atoms with Crippen LogP contribution in [0.25, 0.3) is 0 Å². The molecule has 1 amide bonds. The molecule has 1 aromatic rings. The molecule has 0 bridgehead atoms. The zero-order valence-electron chi connectivity index (χ0n) is 12.4. The molecular formula is C15H20N2O3S. The lowest BCUT2D eigenvalue weighted by molar-refractivity contribution is 0.151. The third-order valence-electron chi connectivity index (χ3n) is 4.01. The average molecular weight is 308 g/mol. The predicted molar refractivity (Wildman–Crippen MR) is 83.1 cm³/mol. The summed E-state index contributed by atoms with van der Waals surface area (Å²) in [5, 5.41) is 0.202. The molecule has 114 valence electrons. The van der Waals surface area contributed by atoms with Gasteiger partial charge in [-0.25, -0.2) is 0 Å². The van der Waals surface area contributed by atoms with Gasteiger partial charge in [0.1, 0.15) is 0 Å². The van der Waals surface area contributed by atoms with Gasteiger partial charge >= 0.3 is 0 Å². The lowest BCUT2D eigenvalue weighted by atomic mass is 9.99. The molecule has 21 heavy (non-hydrogen) atoms. The van der Waals surface area contributed by atoms with Crippen molar-refractivity contribution in [2.24, 2.45) is 0 Å². The van der Waals surface area contributed by atoms with Gasteiger partial charge in [0.25, 0.3) is 5.24 Å². The molecule has 1 fully saturated rings. The minimum absolute atomic E-state index is 0.202. The Morgan fingerprint density at radius 3 is 2.48 bits per heavy atom. The van der Waals surface area contributed by atoms with Gasteiger partial charge in [-0.3, -0.25) is 9.69 Å². The third-order valence-corrected chi connectivity index (χ3v) is 4.90. The zero-order chi connectivity index (χ0) is 14.8. The summed E-state index contributed by atoms with van der Waals surface area (Å²) < 4.78 is 10.7. The van der Waals surface area contributed by atoms with Crippen LogP contribution in [-0.2, 0) is 13.0 Å². The van der Waals surface area contributed by atoms with Crippen molar-refractivity contribution in [3.05, 3.63) is 23.3 Å². The molecule has 0 aromatic heterocycles. The van der Waals surface area contributed by atoms with Gasteiger partial charge in [0.05, 0.1) is 20.9 Å². The van der Waals surface area contributed by atoms with Gasteiger partial charge < -0.3 is 14.4 Å². The Balaban J connectivity index is 1.74. The number of methoxy groups -OCH3 is 2. The van der Waals surface area contributed by atoms with E-state index >= 15 is 0 Å². The van der Waals surface area contributed by atoms with Crippen molar-refractivity contribution < 1.29 is 14.3 Å². The number of ether oxygens (including phenoxy) is 2. The van der Waals surface area contributed by atoms with Crippen LogP contribution < -0.4 is 9.47 Å². The van der Waals surface area contributed by atoms with Gasteiger partial charge in [-0.2, -0.15) is 0 Å². The van der Waals surface area contributed by atoms with Crippen LogP contribution in [0.4, 0.5) is 4.79 Å². The monoisotopic (exact) mass is 308 g/mol. The summed E-state index contributed by atoms with van der Waals surface area (Å²) >= 11 is 1.41. The molecular weight excluding hydrogens is 288 g/mol. The van der Waals surface area contributed by atoms with Gasteiger partial charge in [0, 0.05) is 25.4 Å². The normalized spacial score (nSPS) is 18.8. The van der Waals surface area contributed by atoms with E-state index in [1.54, 1.807) is 14.2 Å². The maximum absolute atomic E-state index is 11.7. The highest BCUT2D eigenvalue weighted by molar-refractivity contribution is 8.13. The lowest BCUT2D eigenvalue weighted by Crippen LogP contribution is -2.40. The lowest BCUT2D eigenvalue weighted by Gasteiger charge is -2.32. The fraction of sp³-hybridized carbons (Fsp3) is 0.533. The van der Waals surface area contributed by atoms with E-state index in [1.165, 1.54) is 22.9 Å². The molecule has 1 saturated heterocycles. The van der Waals surface area contributed by atoms with Crippen LogP contribution in [0.5, 0.6) is 11.5 Å². The smallest absolute Gasteiger partial charge is 0.282 e. The molecule has 0 radical (unpaired) electrons. The molecule has 3 rings (SSSR count). The number of fused-ring (bicyclic) bond motifs is 1. The van der Waals surface area contributed by atoms with E-state index in [-0.39, 0.29) is 5.24 Å². The third kappa shape index (κ3) is 2.96. The molecule has 0 spiro atoms. The van der Waals surface area contributed by atoms with Crippen LogP contribution in [0.2, 0.25) is 0 Å². The average Bonchev–Trinajstić information content (AvgIpc) is 2.91. The second-order valence-corrected chi connectivity index (χ2v) is 6.34. The highest BCUT2D eigenvalue weighted by Crippen LogP contribution is 2.33. The van der Waals surface area contributed by atoms with Crippen LogP contribution in [0, 0.1) is 0 Å². The van der Waals surface area contributed by atoms with Crippen LogP contribution in [0.15, 0.2) is 12.1 Å².